The predicted octanol–water partition coefficient (Wildman–Crippen LogP) is 4.90. The highest BCUT2D eigenvalue weighted by Crippen LogP contribution is 2.60. The fourth-order valence-electron chi connectivity index (χ4n) is 8.32. The van der Waals surface area contributed by atoms with Crippen molar-refractivity contribution in [2.45, 2.75) is 62.7 Å². The summed E-state index contributed by atoms with van der Waals surface area (Å²) in [4.78, 5) is 52.9. The number of non-ortho nitro benzene ring substituents is 1. The zero-order valence-corrected chi connectivity index (χ0v) is 31.4. The number of pyridine rings is 1. The van der Waals surface area contributed by atoms with Crippen LogP contribution in [0.4, 0.5) is 11.4 Å². The third-order valence-electron chi connectivity index (χ3n) is 10.8. The number of carbonyl (C=O) groups is 1. The highest BCUT2D eigenvalue weighted by atomic mass is 28.4. The van der Waals surface area contributed by atoms with Gasteiger partial charge in [0.25, 0.3) is 17.2 Å². The lowest BCUT2D eigenvalue weighted by atomic mass is 9.82. The number of fused-ring (bicyclic) bond motifs is 2. The largest absolute Gasteiger partial charge is 0.491 e. The van der Waals surface area contributed by atoms with Gasteiger partial charge in [-0.05, 0) is 61.0 Å². The maximum atomic E-state index is 15.0. The molecule has 0 radical (unpaired) electrons. The van der Waals surface area contributed by atoms with Gasteiger partial charge in [-0.25, -0.2) is 0 Å². The molecule has 54 heavy (non-hydrogen) atoms. The number of methoxy groups -OCH3 is 1. The molecular formula is C39H42N6O8Si. The van der Waals surface area contributed by atoms with Crippen molar-refractivity contribution in [3.05, 3.63) is 140 Å². The summed E-state index contributed by atoms with van der Waals surface area (Å²) in [5.74, 6) is -1.09. The number of aliphatic hydroxyl groups is 1. The average Bonchev–Trinajstić information content (AvgIpc) is 3.81. The van der Waals surface area contributed by atoms with Gasteiger partial charge in [-0.15, -0.1) is 5.10 Å². The standard InChI is InChI=1S/C39H42N6O8Si/c1-25-36(54(3,4)51)34(17-19-42-23-32(40-41-42)30(24-46)27-11-6-5-7-12-27)53-39(25)31-21-29(45(49)50)15-16-33(31)44(38(39)48)22-26-10-8-13-28(20-26)43-18-9-14-35(52-2)37(43)47/h5-16,18,20-21,23,25,30,34,36,46,51H,17,19,22,24H2,1-4H3/t25-,30?,34+,36-,39+/m1/s1. The highest BCUT2D eigenvalue weighted by Gasteiger charge is 2.66. The molecule has 2 N–H and O–H groups in total. The highest BCUT2D eigenvalue weighted by molar-refractivity contribution is 6.71. The second-order valence-corrected chi connectivity index (χ2v) is 18.4. The molecule has 3 aromatic carbocycles. The molecule has 14 nitrogen and oxygen atoms in total. The van der Waals surface area contributed by atoms with Crippen molar-refractivity contribution in [2.75, 3.05) is 18.6 Å². The number of anilines is 1. The number of aliphatic hydroxyl groups excluding tert-OH is 1. The van der Waals surface area contributed by atoms with E-state index in [4.69, 9.17) is 9.47 Å². The molecule has 0 aliphatic carbocycles. The first kappa shape index (κ1) is 36.9. The van der Waals surface area contributed by atoms with E-state index in [9.17, 15) is 29.6 Å². The molecule has 2 aliphatic rings. The van der Waals surface area contributed by atoms with Crippen LogP contribution in [0.1, 0.15) is 41.6 Å². The molecule has 4 heterocycles. The fraction of sp³-hybridized carbons (Fsp3) is 0.333. The zero-order chi connectivity index (χ0) is 38.4. The van der Waals surface area contributed by atoms with E-state index in [2.05, 4.69) is 10.3 Å². The number of amides is 1. The second kappa shape index (κ2) is 14.4. The van der Waals surface area contributed by atoms with Crippen LogP contribution in [0, 0.1) is 16.0 Å². The Bertz CT molecular complexity index is 2260. The van der Waals surface area contributed by atoms with Gasteiger partial charge in [0.2, 0.25) is 0 Å². The Kier molecular flexibility index (Phi) is 9.82. The zero-order valence-electron chi connectivity index (χ0n) is 30.4. The maximum absolute atomic E-state index is 15.0. The van der Waals surface area contributed by atoms with E-state index in [0.717, 1.165) is 5.56 Å². The van der Waals surface area contributed by atoms with Crippen LogP contribution in [0.5, 0.6) is 5.75 Å². The molecule has 1 unspecified atom stereocenters. The summed E-state index contributed by atoms with van der Waals surface area (Å²) >= 11 is 0. The van der Waals surface area contributed by atoms with Gasteiger partial charge in [-0.3, -0.25) is 29.0 Å². The summed E-state index contributed by atoms with van der Waals surface area (Å²) < 4.78 is 15.3. The Morgan fingerprint density at radius 3 is 2.54 bits per heavy atom. The van der Waals surface area contributed by atoms with Gasteiger partial charge in [0.1, 0.15) is 0 Å². The van der Waals surface area contributed by atoms with E-state index < -0.39 is 36.4 Å². The molecule has 15 heteroatoms. The topological polar surface area (TPSA) is 175 Å². The van der Waals surface area contributed by atoms with Gasteiger partial charge in [0, 0.05) is 53.8 Å². The van der Waals surface area contributed by atoms with Crippen LogP contribution < -0.4 is 15.2 Å². The van der Waals surface area contributed by atoms with Crippen LogP contribution >= 0.6 is 0 Å². The summed E-state index contributed by atoms with van der Waals surface area (Å²) in [6.07, 6.45) is 3.20. The quantitative estimate of drug-likeness (QED) is 0.101. The number of carbonyl (C=O) groups excluding carboxylic acids is 1. The van der Waals surface area contributed by atoms with Crippen molar-refractivity contribution in [1.82, 2.24) is 19.6 Å². The third-order valence-corrected chi connectivity index (χ3v) is 13.3. The normalized spacial score (nSPS) is 21.4. The second-order valence-electron chi connectivity index (χ2n) is 14.5. The van der Waals surface area contributed by atoms with Gasteiger partial charge in [0.05, 0.1) is 48.6 Å². The van der Waals surface area contributed by atoms with E-state index in [1.165, 1.54) is 23.8 Å². The number of rotatable bonds is 12. The van der Waals surface area contributed by atoms with Crippen molar-refractivity contribution in [3.63, 3.8) is 0 Å². The van der Waals surface area contributed by atoms with Gasteiger partial charge in [-0.2, -0.15) is 0 Å². The minimum absolute atomic E-state index is 0.0957. The number of benzene rings is 3. The first-order chi connectivity index (χ1) is 25.9. The van der Waals surface area contributed by atoms with E-state index in [0.29, 0.717) is 41.2 Å². The van der Waals surface area contributed by atoms with Crippen molar-refractivity contribution >= 4 is 25.6 Å². The molecule has 7 rings (SSSR count). The first-order valence-electron chi connectivity index (χ1n) is 17.8. The molecule has 0 saturated carbocycles. The number of aryl methyl sites for hydroxylation is 1. The SMILES string of the molecule is COc1cccn(-c2cccc(CN3C(=O)[C@@]4(O[C@@H](CCn5cc(C(CO)c6ccccc6)nn5)[C@H]([Si](C)(C)O)[C@H]4C)c4cc([N+](=O)[O-])ccc43)c2)c1=O. The number of aromatic nitrogens is 4. The monoisotopic (exact) mass is 750 g/mol. The van der Waals surface area contributed by atoms with Crippen LogP contribution in [0.15, 0.2) is 102 Å². The summed E-state index contributed by atoms with van der Waals surface area (Å²) in [5, 5.41) is 30.9. The molecule has 5 aromatic rings. The number of ether oxygens (including phenoxy) is 2. The molecular weight excluding hydrogens is 709 g/mol. The number of hydrogen-bond acceptors (Lipinski definition) is 10. The third kappa shape index (κ3) is 6.42. The Morgan fingerprint density at radius 1 is 1.06 bits per heavy atom. The maximum Gasteiger partial charge on any atom is 0.297 e. The molecule has 5 atom stereocenters. The van der Waals surface area contributed by atoms with E-state index in [1.807, 2.05) is 62.5 Å². The van der Waals surface area contributed by atoms with Crippen molar-refractivity contribution in [3.8, 4) is 11.4 Å². The van der Waals surface area contributed by atoms with Crippen molar-refractivity contribution in [2.24, 2.45) is 5.92 Å². The number of nitrogens with zero attached hydrogens (tertiary/aromatic N) is 6. The smallest absolute Gasteiger partial charge is 0.297 e. The van der Waals surface area contributed by atoms with Crippen LogP contribution in [-0.2, 0) is 28.2 Å². The lowest BCUT2D eigenvalue weighted by Crippen LogP contribution is -2.46. The fourth-order valence-corrected chi connectivity index (χ4v) is 10.9. The summed E-state index contributed by atoms with van der Waals surface area (Å²) in [5.41, 5.74) is 1.14. The number of nitro groups is 1. The van der Waals surface area contributed by atoms with Crippen LogP contribution in [0.2, 0.25) is 18.6 Å². The lowest BCUT2D eigenvalue weighted by molar-refractivity contribution is -0.385. The summed E-state index contributed by atoms with van der Waals surface area (Å²) in [6, 6.07) is 24.5. The Balaban J connectivity index is 1.22. The van der Waals surface area contributed by atoms with E-state index in [-0.39, 0.29) is 42.0 Å². The van der Waals surface area contributed by atoms with E-state index >= 15 is 0 Å². The molecule has 1 fully saturated rings. The Hall–Kier alpha value is -5.48. The first-order valence-corrected chi connectivity index (χ1v) is 20.8. The van der Waals surface area contributed by atoms with Crippen LogP contribution in [-0.4, -0.2) is 68.4 Å². The molecule has 1 amide bonds. The van der Waals surface area contributed by atoms with Crippen LogP contribution in [0.25, 0.3) is 5.69 Å². The van der Waals surface area contributed by atoms with Crippen molar-refractivity contribution < 1.29 is 29.1 Å². The molecule has 280 valence electrons. The molecule has 0 bridgehead atoms. The molecule has 2 aliphatic heterocycles. The van der Waals surface area contributed by atoms with Gasteiger partial charge in [0.15, 0.2) is 19.7 Å². The number of nitro benzene ring substituents is 1. The van der Waals surface area contributed by atoms with E-state index in [1.54, 1.807) is 52.3 Å². The van der Waals surface area contributed by atoms with Gasteiger partial charge in [-0.1, -0.05) is 54.6 Å². The predicted molar refractivity (Wildman–Crippen MR) is 202 cm³/mol. The lowest BCUT2D eigenvalue weighted by Gasteiger charge is -2.32. The molecule has 1 saturated heterocycles. The van der Waals surface area contributed by atoms with Gasteiger partial charge >= 0.3 is 0 Å². The molecule has 2 aromatic heterocycles. The van der Waals surface area contributed by atoms with Gasteiger partial charge < -0.3 is 24.3 Å². The summed E-state index contributed by atoms with van der Waals surface area (Å²) in [6.45, 7) is 5.83. The number of hydrogen-bond donors (Lipinski definition) is 2. The minimum Gasteiger partial charge on any atom is -0.491 e. The summed E-state index contributed by atoms with van der Waals surface area (Å²) in [7, 11) is -1.60. The Morgan fingerprint density at radius 2 is 1.83 bits per heavy atom. The van der Waals surface area contributed by atoms with Crippen molar-refractivity contribution in [1.29, 1.82) is 0 Å². The van der Waals surface area contributed by atoms with Crippen LogP contribution in [0.3, 0.4) is 0 Å². The minimum atomic E-state index is -3.04. The average molecular weight is 751 g/mol. The Labute approximate surface area is 312 Å². The molecule has 1 spiro atoms.